The molecule has 0 saturated heterocycles. The molecule has 0 bridgehead atoms. The number of rotatable bonds is 2. The average molecular weight is 167 g/mol. The van der Waals surface area contributed by atoms with Crippen LogP contribution in [0.3, 0.4) is 0 Å². The summed E-state index contributed by atoms with van der Waals surface area (Å²) < 4.78 is 5.00. The van der Waals surface area contributed by atoms with Crippen LogP contribution in [0, 0.1) is 6.92 Å². The highest BCUT2D eigenvalue weighted by molar-refractivity contribution is 5.79. The van der Waals surface area contributed by atoms with Crippen LogP contribution in [-0.2, 0) is 0 Å². The van der Waals surface area contributed by atoms with E-state index in [-0.39, 0.29) is 0 Å². The number of hydrogen-bond acceptors (Lipinski definition) is 3. The molecule has 2 amide bonds. The van der Waals surface area contributed by atoms with E-state index in [4.69, 9.17) is 10.2 Å². The van der Waals surface area contributed by atoms with Gasteiger partial charge in [-0.05, 0) is 18.6 Å². The van der Waals surface area contributed by atoms with Crippen LogP contribution >= 0.6 is 0 Å². The Morgan fingerprint density at radius 1 is 1.83 bits per heavy atom. The zero-order valence-corrected chi connectivity index (χ0v) is 6.57. The van der Waals surface area contributed by atoms with Gasteiger partial charge in [0, 0.05) is 0 Å². The number of hydrogen-bond donors (Lipinski definition) is 2. The minimum atomic E-state index is -0.699. The molecule has 0 saturated carbocycles. The van der Waals surface area contributed by atoms with Crippen LogP contribution in [0.5, 0.6) is 0 Å². The molecule has 0 aliphatic carbocycles. The molecule has 1 heterocycles. The van der Waals surface area contributed by atoms with E-state index in [0.717, 1.165) is 5.56 Å². The zero-order chi connectivity index (χ0) is 8.97. The lowest BCUT2D eigenvalue weighted by Gasteiger charge is -1.89. The third kappa shape index (κ3) is 2.12. The predicted molar refractivity (Wildman–Crippen MR) is 43.8 cm³/mol. The number of amides is 2. The summed E-state index contributed by atoms with van der Waals surface area (Å²) in [5.74, 6) is 0.601. The SMILES string of the molecule is Cc1ccoc1/C=N/NC(N)=O. The number of nitrogens with one attached hydrogen (secondary N) is 1. The molecular formula is C7H9N3O2. The molecule has 0 aliphatic rings. The van der Waals surface area contributed by atoms with Crippen LogP contribution in [0.2, 0.25) is 0 Å². The van der Waals surface area contributed by atoms with Gasteiger partial charge in [-0.1, -0.05) is 0 Å². The second kappa shape index (κ2) is 3.56. The van der Waals surface area contributed by atoms with E-state index in [1.165, 1.54) is 6.21 Å². The van der Waals surface area contributed by atoms with Crippen molar-refractivity contribution in [2.45, 2.75) is 6.92 Å². The maximum atomic E-state index is 10.2. The van der Waals surface area contributed by atoms with Gasteiger partial charge in [0.05, 0.1) is 12.5 Å². The standard InChI is InChI=1S/C7H9N3O2/c1-5-2-3-12-6(5)4-9-10-7(8)11/h2-4H,1H3,(H3,8,10,11)/b9-4+. The number of carbonyl (C=O) groups is 1. The van der Waals surface area contributed by atoms with Crippen LogP contribution in [0.1, 0.15) is 11.3 Å². The normalized spacial score (nSPS) is 10.4. The van der Waals surface area contributed by atoms with Gasteiger partial charge in [-0.2, -0.15) is 5.10 Å². The first-order valence-electron chi connectivity index (χ1n) is 3.33. The van der Waals surface area contributed by atoms with Gasteiger partial charge in [0.25, 0.3) is 0 Å². The molecule has 0 aromatic carbocycles. The fraction of sp³-hybridized carbons (Fsp3) is 0.143. The van der Waals surface area contributed by atoms with Gasteiger partial charge in [0.2, 0.25) is 0 Å². The Labute approximate surface area is 69.2 Å². The average Bonchev–Trinajstić information content (AvgIpc) is 2.36. The summed E-state index contributed by atoms with van der Waals surface area (Å²) in [5, 5.41) is 3.53. The summed E-state index contributed by atoms with van der Waals surface area (Å²) in [5.41, 5.74) is 7.78. The summed E-state index contributed by atoms with van der Waals surface area (Å²) in [7, 11) is 0. The molecule has 5 nitrogen and oxygen atoms in total. The van der Waals surface area contributed by atoms with Crippen LogP contribution in [0.4, 0.5) is 4.79 Å². The Kier molecular flexibility index (Phi) is 2.47. The Balaban J connectivity index is 2.57. The number of nitrogens with two attached hydrogens (primary N) is 1. The molecular weight excluding hydrogens is 158 g/mol. The lowest BCUT2D eigenvalue weighted by Crippen LogP contribution is -2.24. The van der Waals surface area contributed by atoms with Crippen molar-refractivity contribution in [2.75, 3.05) is 0 Å². The summed E-state index contributed by atoms with van der Waals surface area (Å²) in [4.78, 5) is 10.2. The van der Waals surface area contributed by atoms with E-state index in [9.17, 15) is 4.79 Å². The predicted octanol–water partition coefficient (Wildman–Crippen LogP) is 0.590. The minimum absolute atomic E-state index is 0.601. The van der Waals surface area contributed by atoms with E-state index >= 15 is 0 Å². The molecule has 1 aromatic rings. The quantitative estimate of drug-likeness (QED) is 0.499. The van der Waals surface area contributed by atoms with Crippen molar-refractivity contribution >= 4 is 12.2 Å². The minimum Gasteiger partial charge on any atom is -0.463 e. The largest absolute Gasteiger partial charge is 0.463 e. The van der Waals surface area contributed by atoms with Gasteiger partial charge in [-0.3, -0.25) is 0 Å². The van der Waals surface area contributed by atoms with Crippen molar-refractivity contribution in [2.24, 2.45) is 10.8 Å². The maximum Gasteiger partial charge on any atom is 0.332 e. The van der Waals surface area contributed by atoms with Crippen LogP contribution in [-0.4, -0.2) is 12.2 Å². The number of hydrazone groups is 1. The van der Waals surface area contributed by atoms with Crippen molar-refractivity contribution in [1.82, 2.24) is 5.43 Å². The Hall–Kier alpha value is -1.78. The molecule has 0 aliphatic heterocycles. The highest BCUT2D eigenvalue weighted by Gasteiger charge is 1.96. The molecule has 0 spiro atoms. The molecule has 12 heavy (non-hydrogen) atoms. The van der Waals surface area contributed by atoms with Crippen LogP contribution in [0.15, 0.2) is 21.8 Å². The highest BCUT2D eigenvalue weighted by Crippen LogP contribution is 2.04. The lowest BCUT2D eigenvalue weighted by atomic mass is 10.3. The molecule has 5 heteroatoms. The first kappa shape index (κ1) is 8.32. The monoisotopic (exact) mass is 167 g/mol. The Bertz CT molecular complexity index is 303. The Morgan fingerprint density at radius 3 is 3.08 bits per heavy atom. The van der Waals surface area contributed by atoms with Crippen LogP contribution < -0.4 is 11.2 Å². The van der Waals surface area contributed by atoms with Crippen LogP contribution in [0.25, 0.3) is 0 Å². The van der Waals surface area contributed by atoms with E-state index in [1.54, 1.807) is 12.3 Å². The van der Waals surface area contributed by atoms with Gasteiger partial charge in [-0.25, -0.2) is 10.2 Å². The number of furan rings is 1. The smallest absolute Gasteiger partial charge is 0.332 e. The zero-order valence-electron chi connectivity index (χ0n) is 6.57. The van der Waals surface area contributed by atoms with Gasteiger partial charge >= 0.3 is 6.03 Å². The van der Waals surface area contributed by atoms with Gasteiger partial charge in [-0.15, -0.1) is 0 Å². The maximum absolute atomic E-state index is 10.2. The van der Waals surface area contributed by atoms with Crippen molar-refractivity contribution in [3.05, 3.63) is 23.7 Å². The van der Waals surface area contributed by atoms with Gasteiger partial charge in [0.1, 0.15) is 5.76 Å². The van der Waals surface area contributed by atoms with Crippen molar-refractivity contribution in [1.29, 1.82) is 0 Å². The van der Waals surface area contributed by atoms with Crippen molar-refractivity contribution in [3.8, 4) is 0 Å². The fourth-order valence-corrected chi connectivity index (χ4v) is 0.671. The number of carbonyl (C=O) groups excluding carboxylic acids is 1. The molecule has 1 aromatic heterocycles. The lowest BCUT2D eigenvalue weighted by molar-refractivity contribution is 0.249. The molecule has 0 unspecified atom stereocenters. The molecule has 64 valence electrons. The second-order valence-electron chi connectivity index (χ2n) is 2.20. The van der Waals surface area contributed by atoms with E-state index in [1.807, 2.05) is 6.92 Å². The summed E-state index contributed by atoms with van der Waals surface area (Å²) in [6.07, 6.45) is 2.93. The molecule has 1 rings (SSSR count). The summed E-state index contributed by atoms with van der Waals surface area (Å²) in [6.45, 7) is 1.87. The van der Waals surface area contributed by atoms with Gasteiger partial charge in [0.15, 0.2) is 0 Å². The first-order chi connectivity index (χ1) is 5.70. The molecule has 0 radical (unpaired) electrons. The van der Waals surface area contributed by atoms with E-state index in [0.29, 0.717) is 5.76 Å². The summed E-state index contributed by atoms with van der Waals surface area (Å²) in [6, 6.07) is 1.10. The third-order valence-electron chi connectivity index (χ3n) is 1.26. The summed E-state index contributed by atoms with van der Waals surface area (Å²) >= 11 is 0. The van der Waals surface area contributed by atoms with Crippen molar-refractivity contribution in [3.63, 3.8) is 0 Å². The fourth-order valence-electron chi connectivity index (χ4n) is 0.671. The Morgan fingerprint density at radius 2 is 2.58 bits per heavy atom. The topological polar surface area (TPSA) is 80.6 Å². The molecule has 3 N–H and O–H groups in total. The number of urea groups is 1. The van der Waals surface area contributed by atoms with Gasteiger partial charge < -0.3 is 10.2 Å². The van der Waals surface area contributed by atoms with E-state index < -0.39 is 6.03 Å². The third-order valence-corrected chi connectivity index (χ3v) is 1.26. The van der Waals surface area contributed by atoms with Crippen molar-refractivity contribution < 1.29 is 9.21 Å². The van der Waals surface area contributed by atoms with E-state index in [2.05, 4.69) is 10.5 Å². The number of aryl methyl sites for hydroxylation is 1. The molecule has 0 fully saturated rings. The highest BCUT2D eigenvalue weighted by atomic mass is 16.3. The molecule has 0 atom stereocenters. The first-order valence-corrected chi connectivity index (χ1v) is 3.33. The number of primary amides is 1. The number of nitrogens with zero attached hydrogens (tertiary/aromatic N) is 1. The second-order valence-corrected chi connectivity index (χ2v) is 2.20.